The van der Waals surface area contributed by atoms with Crippen molar-refractivity contribution in [2.45, 2.75) is 31.0 Å². The summed E-state index contributed by atoms with van der Waals surface area (Å²) in [5, 5.41) is 15.2. The maximum Gasteiger partial charge on any atom is 0.338 e. The van der Waals surface area contributed by atoms with Crippen molar-refractivity contribution in [1.29, 1.82) is 0 Å². The van der Waals surface area contributed by atoms with Gasteiger partial charge in [-0.25, -0.2) is 14.2 Å². The quantitative estimate of drug-likeness (QED) is 0.473. The fraction of sp³-hybridized carbons (Fsp3) is 0.440. The molecule has 0 bridgehead atoms. The lowest BCUT2D eigenvalue weighted by molar-refractivity contribution is -0.222. The topological polar surface area (TPSA) is 113 Å². The molecular weight excluding hydrogens is 567 g/mol. The van der Waals surface area contributed by atoms with E-state index in [-0.39, 0.29) is 29.8 Å². The maximum absolute atomic E-state index is 13.9. The van der Waals surface area contributed by atoms with Crippen LogP contribution in [0.1, 0.15) is 29.5 Å². The zero-order chi connectivity index (χ0) is 25.9. The van der Waals surface area contributed by atoms with Gasteiger partial charge in [-0.05, 0) is 30.0 Å². The van der Waals surface area contributed by atoms with E-state index in [2.05, 4.69) is 31.1 Å². The second-order valence-corrected chi connectivity index (χ2v) is 11.5. The molecule has 1 spiro atoms. The van der Waals surface area contributed by atoms with E-state index in [9.17, 15) is 19.1 Å². The van der Waals surface area contributed by atoms with Gasteiger partial charge in [0.1, 0.15) is 11.9 Å². The van der Waals surface area contributed by atoms with Crippen molar-refractivity contribution in [3.63, 3.8) is 0 Å². The van der Waals surface area contributed by atoms with Crippen molar-refractivity contribution in [3.05, 3.63) is 61.9 Å². The third kappa shape index (κ3) is 3.84. The number of carbonyl (C=O) groups is 2. The lowest BCUT2D eigenvalue weighted by Crippen LogP contribution is -2.80. The molecule has 5 atom stereocenters. The van der Waals surface area contributed by atoms with Gasteiger partial charge in [0.05, 0.1) is 25.9 Å². The zero-order valence-corrected chi connectivity index (χ0v) is 22.2. The number of rotatable bonds is 7. The van der Waals surface area contributed by atoms with Crippen molar-refractivity contribution >= 4 is 45.0 Å². The first kappa shape index (κ1) is 24.7. The van der Waals surface area contributed by atoms with Gasteiger partial charge in [0.25, 0.3) is 0 Å². The van der Waals surface area contributed by atoms with Gasteiger partial charge in [0, 0.05) is 52.2 Å². The third-order valence-electron chi connectivity index (χ3n) is 8.12. The molecule has 2 aromatic rings. The molecule has 6 rings (SSSR count). The Hall–Kier alpha value is -2.67. The van der Waals surface area contributed by atoms with Crippen LogP contribution in [0.5, 0.6) is 0 Å². The van der Waals surface area contributed by atoms with Crippen LogP contribution in [0.3, 0.4) is 0 Å². The lowest BCUT2D eigenvalue weighted by Gasteiger charge is -2.71. The SMILES string of the molecule is COC(=O)C1=C(CN2C3COCC34C(CC(=O)O)C[C@@H]24)NC(c2nccs2)=N[C@H]1c1ccc(F)cc1Br. The summed E-state index contributed by atoms with van der Waals surface area (Å²) in [7, 11) is 1.33. The average Bonchev–Trinajstić information content (AvgIpc) is 3.55. The van der Waals surface area contributed by atoms with Crippen LogP contribution < -0.4 is 5.32 Å². The Morgan fingerprint density at radius 3 is 2.95 bits per heavy atom. The number of ether oxygens (including phenoxy) is 2. The number of aliphatic imine (C=N–C) groups is 1. The Bertz CT molecular complexity index is 1330. The molecule has 1 aromatic carbocycles. The highest BCUT2D eigenvalue weighted by atomic mass is 79.9. The minimum atomic E-state index is -0.788. The van der Waals surface area contributed by atoms with Crippen LogP contribution in [0.25, 0.3) is 0 Å². The van der Waals surface area contributed by atoms with Crippen LogP contribution in [0.15, 0.2) is 50.5 Å². The van der Waals surface area contributed by atoms with Gasteiger partial charge in [-0.3, -0.25) is 14.7 Å². The van der Waals surface area contributed by atoms with Gasteiger partial charge in [0.15, 0.2) is 10.8 Å². The van der Waals surface area contributed by atoms with E-state index in [1.54, 1.807) is 12.3 Å². The first-order valence-electron chi connectivity index (χ1n) is 11.9. The second-order valence-electron chi connectivity index (χ2n) is 9.75. The molecule has 0 amide bonds. The summed E-state index contributed by atoms with van der Waals surface area (Å²) in [5.41, 5.74) is 1.45. The number of amidine groups is 1. The van der Waals surface area contributed by atoms with Gasteiger partial charge in [-0.15, -0.1) is 11.3 Å². The molecule has 37 heavy (non-hydrogen) atoms. The number of aliphatic carboxylic acids is 1. The number of hydrogen-bond acceptors (Lipinski definition) is 9. The fourth-order valence-corrected chi connectivity index (χ4v) is 7.62. The number of carboxylic acid groups (broad SMARTS) is 1. The van der Waals surface area contributed by atoms with E-state index >= 15 is 0 Å². The van der Waals surface area contributed by atoms with E-state index in [1.807, 2.05) is 5.38 Å². The molecule has 3 fully saturated rings. The smallest absolute Gasteiger partial charge is 0.338 e. The summed E-state index contributed by atoms with van der Waals surface area (Å²) in [6.45, 7) is 1.49. The summed E-state index contributed by atoms with van der Waals surface area (Å²) in [6.07, 6.45) is 2.59. The molecule has 4 heterocycles. The standard InChI is InChI=1S/C25H24BrFN4O5S/c1-35-24(34)20-16(9-31-17-6-12(7-19(32)33)25(17)11-36-10-18(25)31)29-22(23-28-4-5-37-23)30-21(20)14-3-2-13(27)8-15(14)26/h2-5,8,12,17-18,21H,6-7,9-11H2,1H3,(H,29,30)(H,32,33)/t12?,17-,18?,21+,25?/m1/s1. The largest absolute Gasteiger partial charge is 0.481 e. The highest BCUT2D eigenvalue weighted by Crippen LogP contribution is 2.65. The van der Waals surface area contributed by atoms with E-state index in [1.165, 1.54) is 30.6 Å². The molecule has 4 aliphatic rings. The molecule has 3 aliphatic heterocycles. The number of nitrogens with one attached hydrogen (secondary N) is 1. The van der Waals surface area contributed by atoms with Gasteiger partial charge >= 0.3 is 11.9 Å². The summed E-state index contributed by atoms with van der Waals surface area (Å²) in [4.78, 5) is 36.1. The number of nitrogens with zero attached hydrogens (tertiary/aromatic N) is 3. The van der Waals surface area contributed by atoms with E-state index in [0.29, 0.717) is 51.9 Å². The normalized spacial score (nSPS) is 30.4. The number of hydrogen-bond donors (Lipinski definition) is 2. The van der Waals surface area contributed by atoms with E-state index in [0.717, 1.165) is 6.42 Å². The molecule has 194 valence electrons. The van der Waals surface area contributed by atoms with Crippen LogP contribution in [-0.4, -0.2) is 71.7 Å². The monoisotopic (exact) mass is 590 g/mol. The van der Waals surface area contributed by atoms with Crippen molar-refractivity contribution in [1.82, 2.24) is 15.2 Å². The summed E-state index contributed by atoms with van der Waals surface area (Å²) >= 11 is 4.86. The van der Waals surface area contributed by atoms with E-state index < -0.39 is 23.8 Å². The summed E-state index contributed by atoms with van der Waals surface area (Å²) in [6, 6.07) is 3.80. The predicted octanol–water partition coefficient (Wildman–Crippen LogP) is 3.13. The maximum atomic E-state index is 13.9. The van der Waals surface area contributed by atoms with Crippen molar-refractivity contribution < 1.29 is 28.6 Å². The Balaban J connectivity index is 1.38. The van der Waals surface area contributed by atoms with Crippen LogP contribution in [0.2, 0.25) is 0 Å². The fourth-order valence-electron chi connectivity index (χ4n) is 6.47. The number of carbonyl (C=O) groups excluding carboxylic acids is 1. The Morgan fingerprint density at radius 2 is 2.24 bits per heavy atom. The summed E-state index contributed by atoms with van der Waals surface area (Å²) < 4.78 is 25.4. The second kappa shape index (κ2) is 9.26. The van der Waals surface area contributed by atoms with Crippen LogP contribution in [-0.2, 0) is 19.1 Å². The number of carboxylic acids is 1. The van der Waals surface area contributed by atoms with Gasteiger partial charge < -0.3 is 19.9 Å². The molecule has 9 nitrogen and oxygen atoms in total. The zero-order valence-electron chi connectivity index (χ0n) is 19.8. The molecule has 1 aliphatic carbocycles. The number of aromatic nitrogens is 1. The Morgan fingerprint density at radius 1 is 1.41 bits per heavy atom. The van der Waals surface area contributed by atoms with Gasteiger partial charge in [0.2, 0.25) is 0 Å². The highest BCUT2D eigenvalue weighted by Gasteiger charge is 2.73. The Labute approximate surface area is 224 Å². The first-order chi connectivity index (χ1) is 17.8. The molecule has 12 heteroatoms. The average molecular weight is 591 g/mol. The van der Waals surface area contributed by atoms with Crippen molar-refractivity contribution in [2.75, 3.05) is 26.9 Å². The molecule has 2 saturated heterocycles. The number of piperidine rings is 1. The molecule has 0 radical (unpaired) electrons. The van der Waals surface area contributed by atoms with Crippen molar-refractivity contribution in [2.24, 2.45) is 16.3 Å². The van der Waals surface area contributed by atoms with Gasteiger partial charge in [-0.2, -0.15) is 0 Å². The molecule has 2 N–H and O–H groups in total. The van der Waals surface area contributed by atoms with Crippen LogP contribution >= 0.6 is 27.3 Å². The highest BCUT2D eigenvalue weighted by molar-refractivity contribution is 9.10. The number of thiazole rings is 1. The number of esters is 1. The predicted molar refractivity (Wildman–Crippen MR) is 136 cm³/mol. The number of methoxy groups -OCH3 is 1. The first-order valence-corrected chi connectivity index (χ1v) is 13.6. The minimum Gasteiger partial charge on any atom is -0.481 e. The van der Waals surface area contributed by atoms with Crippen LogP contribution in [0, 0.1) is 17.2 Å². The minimum absolute atomic E-state index is 0.0713. The number of likely N-dealkylation sites (tertiary alicyclic amines) is 1. The third-order valence-corrected chi connectivity index (χ3v) is 9.59. The van der Waals surface area contributed by atoms with Crippen molar-refractivity contribution in [3.8, 4) is 0 Å². The number of halogens is 2. The summed E-state index contributed by atoms with van der Waals surface area (Å²) in [5.74, 6) is -1.12. The molecular formula is C25H24BrFN4O5S. The lowest BCUT2D eigenvalue weighted by atomic mass is 9.46. The van der Waals surface area contributed by atoms with Crippen LogP contribution in [0.4, 0.5) is 4.39 Å². The van der Waals surface area contributed by atoms with Gasteiger partial charge in [-0.1, -0.05) is 22.0 Å². The molecule has 1 aromatic heterocycles. The van der Waals surface area contributed by atoms with E-state index in [4.69, 9.17) is 14.5 Å². The molecule has 1 saturated carbocycles. The number of benzene rings is 1. The Kier molecular flexibility index (Phi) is 6.17. The molecule has 3 unspecified atom stereocenters.